The molecule has 1 heterocycles. The van der Waals surface area contributed by atoms with Gasteiger partial charge in [-0.15, -0.1) is 0 Å². The predicted molar refractivity (Wildman–Crippen MR) is 84.1 cm³/mol. The third kappa shape index (κ3) is 5.13. The van der Waals surface area contributed by atoms with Crippen LogP contribution in [0.3, 0.4) is 0 Å². The minimum Gasteiger partial charge on any atom is -0.435 e. The number of hydrogen-bond donors (Lipinski definition) is 1. The number of nitrogens with one attached hydrogen (secondary N) is 1. The summed E-state index contributed by atoms with van der Waals surface area (Å²) in [5, 5.41) is 2.66. The Bertz CT molecular complexity index is 682. The predicted octanol–water partition coefficient (Wildman–Crippen LogP) is 1.72. The lowest BCUT2D eigenvalue weighted by Gasteiger charge is -2.32. The Morgan fingerprint density at radius 2 is 2.17 bits per heavy atom. The fraction of sp³-hybridized carbons (Fsp3) is 0.533. The van der Waals surface area contributed by atoms with Crippen LogP contribution in [0.5, 0.6) is 5.75 Å². The summed E-state index contributed by atoms with van der Waals surface area (Å²) in [4.78, 5) is 12.3. The van der Waals surface area contributed by atoms with Crippen LogP contribution < -0.4 is 10.1 Å². The van der Waals surface area contributed by atoms with Crippen molar-refractivity contribution in [3.05, 3.63) is 29.8 Å². The Morgan fingerprint density at radius 3 is 2.83 bits per heavy atom. The van der Waals surface area contributed by atoms with Crippen LogP contribution in [-0.2, 0) is 21.4 Å². The highest BCUT2D eigenvalue weighted by molar-refractivity contribution is 7.88. The second kappa shape index (κ2) is 7.89. The second-order valence-corrected chi connectivity index (χ2v) is 7.56. The highest BCUT2D eigenvalue weighted by Crippen LogP contribution is 2.20. The smallest absolute Gasteiger partial charge is 0.387 e. The molecule has 1 atom stereocenters. The molecule has 1 aliphatic heterocycles. The van der Waals surface area contributed by atoms with Gasteiger partial charge in [-0.05, 0) is 30.5 Å². The fourth-order valence-electron chi connectivity index (χ4n) is 2.70. The lowest BCUT2D eigenvalue weighted by Crippen LogP contribution is -2.51. The Hall–Kier alpha value is -1.74. The maximum absolute atomic E-state index is 12.3. The number of ether oxygens (including phenoxy) is 1. The number of nitrogens with zero attached hydrogens (tertiary/aromatic N) is 1. The monoisotopic (exact) mass is 362 g/mol. The van der Waals surface area contributed by atoms with E-state index < -0.39 is 22.7 Å². The molecule has 134 valence electrons. The number of hydrogen-bond acceptors (Lipinski definition) is 4. The molecule has 1 aromatic carbocycles. The summed E-state index contributed by atoms with van der Waals surface area (Å²) in [6, 6.07) is 5.27. The molecule has 0 radical (unpaired) electrons. The van der Waals surface area contributed by atoms with Gasteiger partial charge >= 0.3 is 6.61 Å². The molecule has 0 bridgehead atoms. The van der Waals surface area contributed by atoms with E-state index in [1.165, 1.54) is 16.4 Å². The van der Waals surface area contributed by atoms with Gasteiger partial charge in [0, 0.05) is 13.1 Å². The molecule has 0 spiro atoms. The van der Waals surface area contributed by atoms with Crippen LogP contribution in [0.4, 0.5) is 8.78 Å². The molecular formula is C15H20F2N2O4S. The van der Waals surface area contributed by atoms with Crippen molar-refractivity contribution in [3.63, 3.8) is 0 Å². The van der Waals surface area contributed by atoms with Crippen LogP contribution in [0.2, 0.25) is 0 Å². The van der Waals surface area contributed by atoms with Crippen molar-refractivity contribution < 1.29 is 26.7 Å². The second-order valence-electron chi connectivity index (χ2n) is 5.63. The highest BCUT2D eigenvalue weighted by Gasteiger charge is 2.34. The van der Waals surface area contributed by atoms with Gasteiger partial charge in [-0.2, -0.15) is 13.1 Å². The third-order valence-electron chi connectivity index (χ3n) is 3.77. The van der Waals surface area contributed by atoms with Crippen molar-refractivity contribution in [2.75, 3.05) is 12.8 Å². The molecule has 0 aromatic heterocycles. The summed E-state index contributed by atoms with van der Waals surface area (Å²) in [6.07, 6.45) is 3.06. The zero-order chi connectivity index (χ0) is 17.7. The SMILES string of the molecule is CS(=O)(=O)N1CCCCC1C(=O)NCc1cccc(OC(F)F)c1. The molecule has 1 aliphatic rings. The lowest BCUT2D eigenvalue weighted by molar-refractivity contribution is -0.125. The van der Waals surface area contributed by atoms with E-state index in [-0.39, 0.29) is 18.2 Å². The van der Waals surface area contributed by atoms with Gasteiger partial charge in [-0.25, -0.2) is 8.42 Å². The van der Waals surface area contributed by atoms with Gasteiger partial charge in [-0.1, -0.05) is 18.6 Å². The van der Waals surface area contributed by atoms with Gasteiger partial charge in [0.05, 0.1) is 6.26 Å². The van der Waals surface area contributed by atoms with Gasteiger partial charge in [0.1, 0.15) is 11.8 Å². The topological polar surface area (TPSA) is 75.7 Å². The van der Waals surface area contributed by atoms with E-state index in [1.807, 2.05) is 0 Å². The summed E-state index contributed by atoms with van der Waals surface area (Å²) in [5.41, 5.74) is 0.586. The van der Waals surface area contributed by atoms with Crippen LogP contribution in [0.1, 0.15) is 24.8 Å². The Labute approximate surface area is 139 Å². The van der Waals surface area contributed by atoms with E-state index in [1.54, 1.807) is 12.1 Å². The zero-order valence-electron chi connectivity index (χ0n) is 13.2. The molecule has 1 aromatic rings. The summed E-state index contributed by atoms with van der Waals surface area (Å²) in [7, 11) is -3.45. The summed E-state index contributed by atoms with van der Waals surface area (Å²) in [6.45, 7) is -2.48. The average Bonchev–Trinajstić information content (AvgIpc) is 2.51. The standard InChI is InChI=1S/C15H20F2N2O4S/c1-24(21,22)19-8-3-2-7-13(19)14(20)18-10-11-5-4-6-12(9-11)23-15(16)17/h4-6,9,13,15H,2-3,7-8,10H2,1H3,(H,18,20). The molecular weight excluding hydrogens is 342 g/mol. The van der Waals surface area contributed by atoms with Crippen molar-refractivity contribution in [1.29, 1.82) is 0 Å². The molecule has 1 N–H and O–H groups in total. The van der Waals surface area contributed by atoms with E-state index in [9.17, 15) is 22.0 Å². The number of sulfonamides is 1. The molecule has 1 fully saturated rings. The first kappa shape index (κ1) is 18.6. The average molecular weight is 362 g/mol. The Balaban J connectivity index is 1.99. The van der Waals surface area contributed by atoms with E-state index >= 15 is 0 Å². The number of rotatable bonds is 6. The number of halogens is 2. The molecule has 1 saturated heterocycles. The molecule has 6 nitrogen and oxygen atoms in total. The van der Waals surface area contributed by atoms with Crippen LogP contribution in [0.25, 0.3) is 0 Å². The fourth-order valence-corrected chi connectivity index (χ4v) is 3.83. The molecule has 1 amide bonds. The number of carbonyl (C=O) groups excluding carboxylic acids is 1. The van der Waals surface area contributed by atoms with Gasteiger partial charge in [0.2, 0.25) is 15.9 Å². The largest absolute Gasteiger partial charge is 0.435 e. The summed E-state index contributed by atoms with van der Waals surface area (Å²) >= 11 is 0. The van der Waals surface area contributed by atoms with E-state index in [0.717, 1.165) is 19.1 Å². The van der Waals surface area contributed by atoms with Crippen molar-refractivity contribution in [3.8, 4) is 5.75 Å². The number of amides is 1. The van der Waals surface area contributed by atoms with E-state index in [4.69, 9.17) is 0 Å². The Morgan fingerprint density at radius 1 is 1.42 bits per heavy atom. The maximum atomic E-state index is 12.3. The Kier molecular flexibility index (Phi) is 6.11. The molecule has 24 heavy (non-hydrogen) atoms. The molecule has 1 unspecified atom stereocenters. The summed E-state index contributed by atoms with van der Waals surface area (Å²) in [5.74, 6) is -0.382. The zero-order valence-corrected chi connectivity index (χ0v) is 14.1. The number of alkyl halides is 2. The molecule has 0 aliphatic carbocycles. The lowest BCUT2D eigenvalue weighted by atomic mass is 10.0. The van der Waals surface area contributed by atoms with Crippen LogP contribution in [-0.4, -0.2) is 44.1 Å². The van der Waals surface area contributed by atoms with Gasteiger partial charge in [-0.3, -0.25) is 4.79 Å². The molecule has 0 saturated carbocycles. The van der Waals surface area contributed by atoms with Gasteiger partial charge < -0.3 is 10.1 Å². The molecule has 9 heteroatoms. The first-order valence-corrected chi connectivity index (χ1v) is 9.40. The quantitative estimate of drug-likeness (QED) is 0.836. The minimum absolute atomic E-state index is 0.00665. The van der Waals surface area contributed by atoms with Crippen molar-refractivity contribution in [1.82, 2.24) is 9.62 Å². The minimum atomic E-state index is -3.45. The molecule has 2 rings (SSSR count). The van der Waals surface area contributed by atoms with Crippen LogP contribution >= 0.6 is 0 Å². The van der Waals surface area contributed by atoms with Crippen LogP contribution in [0, 0.1) is 0 Å². The number of piperidine rings is 1. The summed E-state index contributed by atoms with van der Waals surface area (Å²) < 4.78 is 53.5. The van der Waals surface area contributed by atoms with Crippen molar-refractivity contribution in [2.45, 2.75) is 38.5 Å². The van der Waals surface area contributed by atoms with Crippen LogP contribution in [0.15, 0.2) is 24.3 Å². The van der Waals surface area contributed by atoms with Crippen molar-refractivity contribution >= 4 is 15.9 Å². The number of benzene rings is 1. The van der Waals surface area contributed by atoms with Gasteiger partial charge in [0.25, 0.3) is 0 Å². The normalized spacial score (nSPS) is 19.2. The first-order valence-electron chi connectivity index (χ1n) is 7.55. The third-order valence-corrected chi connectivity index (χ3v) is 5.06. The number of carbonyl (C=O) groups is 1. The van der Waals surface area contributed by atoms with Gasteiger partial charge in [0.15, 0.2) is 0 Å². The first-order chi connectivity index (χ1) is 11.3. The van der Waals surface area contributed by atoms with E-state index in [2.05, 4.69) is 10.1 Å². The van der Waals surface area contributed by atoms with E-state index in [0.29, 0.717) is 18.5 Å². The van der Waals surface area contributed by atoms with Crippen molar-refractivity contribution in [2.24, 2.45) is 0 Å². The highest BCUT2D eigenvalue weighted by atomic mass is 32.2. The maximum Gasteiger partial charge on any atom is 0.387 e.